The molecule has 44 heavy (non-hydrogen) atoms. The fourth-order valence-corrected chi connectivity index (χ4v) is 7.18. The molecule has 1 unspecified atom stereocenters. The monoisotopic (exact) mass is 803 g/mol. The summed E-state index contributed by atoms with van der Waals surface area (Å²) in [6.07, 6.45) is 15.0. The predicted octanol–water partition coefficient (Wildman–Crippen LogP) is 8.98. The zero-order valence-electron chi connectivity index (χ0n) is 32.2. The van der Waals surface area contributed by atoms with Gasteiger partial charge in [-0.1, -0.05) is 73.8 Å². The second kappa shape index (κ2) is 16.2. The number of allylic oxidation sites excluding steroid dienone is 4. The minimum absolute atomic E-state index is 0. The molecule has 5 nitrogen and oxygen atoms in total. The quantitative estimate of drug-likeness (QED) is 0.194. The number of hydrogen-bond acceptors (Lipinski definition) is 6. The van der Waals surface area contributed by atoms with E-state index in [1.54, 1.807) is 12.2 Å². The van der Waals surface area contributed by atoms with Crippen LogP contribution in [0.3, 0.4) is 0 Å². The number of ether oxygens (including phenoxy) is 1. The first-order chi connectivity index (χ1) is 22.5. The minimum Gasteiger partial charge on any atom is -0.562 e. The zero-order chi connectivity index (χ0) is 35.6. The van der Waals surface area contributed by atoms with E-state index in [4.69, 9.17) is 16.6 Å². The molecule has 1 saturated heterocycles. The number of dihydropyridines is 1. The van der Waals surface area contributed by atoms with Gasteiger partial charge in [0, 0.05) is 61.6 Å². The summed E-state index contributed by atoms with van der Waals surface area (Å²) >= 11 is 1.54. The van der Waals surface area contributed by atoms with Crippen molar-refractivity contribution in [3.05, 3.63) is 68.9 Å². The summed E-state index contributed by atoms with van der Waals surface area (Å²) in [4.78, 5) is 10.2. The molecule has 7 heteroatoms. The van der Waals surface area contributed by atoms with Gasteiger partial charge in [-0.3, -0.25) is 4.99 Å². The van der Waals surface area contributed by atoms with Crippen molar-refractivity contribution in [1.29, 1.82) is 0 Å². The molecular weight excluding hydrogens is 745 g/mol. The second-order valence-electron chi connectivity index (χ2n) is 13.0. The summed E-state index contributed by atoms with van der Waals surface area (Å²) in [6, 6.07) is -0.217. The molecule has 0 aromatic carbocycles. The van der Waals surface area contributed by atoms with Crippen LogP contribution < -0.4 is 0 Å². The van der Waals surface area contributed by atoms with Crippen molar-refractivity contribution >= 4 is 23.3 Å². The Morgan fingerprint density at radius 1 is 1.23 bits per heavy atom. The standard InChI is InChI=1S/C24H27N2OS.C13H26O2.Ir/c1-14-8-9-17-16-6-5-7-18(22(16)27-23(17)26-14)20-10-19-15(11-24(2,3)4)13-28-21(19)12-25-20;1-5-10(6-2)12(14)9-13(15)11(7-3)8-4;/h5,8-9,12-13,16-17,20,23H,6,10-11H2,1-4H3;9-12,14-15H,5-8H2,1-4H3;/q-1;;/b;13-9-;/t16-,17?,20+,23-;12-;/m01./s1/i1D3,11D2;;. The fourth-order valence-electron chi connectivity index (χ4n) is 6.28. The summed E-state index contributed by atoms with van der Waals surface area (Å²) in [7, 11) is 0. The molecule has 1 radical (unpaired) electrons. The van der Waals surface area contributed by atoms with Gasteiger partial charge in [-0.05, 0) is 84.2 Å². The van der Waals surface area contributed by atoms with E-state index in [9.17, 15) is 10.2 Å². The zero-order valence-corrected chi connectivity index (χ0v) is 30.4. The maximum atomic E-state index is 9.88. The summed E-state index contributed by atoms with van der Waals surface area (Å²) in [5, 5.41) is 21.6. The van der Waals surface area contributed by atoms with E-state index < -0.39 is 31.0 Å². The van der Waals surface area contributed by atoms with E-state index in [1.807, 2.05) is 44.5 Å². The molecule has 1 aromatic heterocycles. The summed E-state index contributed by atoms with van der Waals surface area (Å²) in [5.41, 5.74) is 2.16. The van der Waals surface area contributed by atoms with E-state index in [0.717, 1.165) is 59.4 Å². The smallest absolute Gasteiger partial charge is 0.175 e. The van der Waals surface area contributed by atoms with E-state index in [2.05, 4.69) is 38.8 Å². The average Bonchev–Trinajstić information content (AvgIpc) is 3.63. The van der Waals surface area contributed by atoms with E-state index in [0.29, 0.717) is 12.2 Å². The number of rotatable bonds is 9. The second-order valence-corrected chi connectivity index (χ2v) is 13.9. The van der Waals surface area contributed by atoms with Crippen molar-refractivity contribution in [2.24, 2.45) is 39.1 Å². The van der Waals surface area contributed by atoms with Crippen molar-refractivity contribution in [2.45, 2.75) is 119 Å². The van der Waals surface area contributed by atoms with E-state index in [1.165, 1.54) is 11.3 Å². The third-order valence-electron chi connectivity index (χ3n) is 8.83. The predicted molar refractivity (Wildman–Crippen MR) is 181 cm³/mol. The Hall–Kier alpha value is -1.79. The molecular formula is C37H53IrN2O3S-. The number of hydrogen-bond donors (Lipinski definition) is 2. The number of aliphatic imine (C=N–C) groups is 2. The van der Waals surface area contributed by atoms with Gasteiger partial charge < -0.3 is 14.9 Å². The first-order valence-electron chi connectivity index (χ1n) is 18.5. The van der Waals surface area contributed by atoms with Crippen LogP contribution in [-0.2, 0) is 37.6 Å². The van der Waals surface area contributed by atoms with Crippen LogP contribution >= 0.6 is 11.3 Å². The summed E-state index contributed by atoms with van der Waals surface area (Å²) in [5.74, 6) is 1.71. The van der Waals surface area contributed by atoms with Crippen LogP contribution in [0.1, 0.15) is 110 Å². The van der Waals surface area contributed by atoms with E-state index >= 15 is 0 Å². The first kappa shape index (κ1) is 29.6. The maximum Gasteiger partial charge on any atom is 0.175 e. The maximum absolute atomic E-state index is 9.88. The van der Waals surface area contributed by atoms with Crippen molar-refractivity contribution < 1.29 is 41.9 Å². The van der Waals surface area contributed by atoms with Gasteiger partial charge in [-0.2, -0.15) is 11.6 Å². The Balaban J connectivity index is 0.000000347. The van der Waals surface area contributed by atoms with Crippen molar-refractivity contribution in [3.8, 4) is 0 Å². The number of fused-ring (bicyclic) bond motifs is 4. The minimum atomic E-state index is -2.26. The molecule has 1 fully saturated rings. The molecule has 0 spiro atoms. The van der Waals surface area contributed by atoms with Crippen molar-refractivity contribution in [2.75, 3.05) is 0 Å². The van der Waals surface area contributed by atoms with Crippen LogP contribution in [0, 0.1) is 35.2 Å². The Labute approximate surface area is 290 Å². The van der Waals surface area contributed by atoms with Crippen LogP contribution in [0.2, 0.25) is 0 Å². The molecule has 5 rings (SSSR count). The molecule has 5 atom stereocenters. The van der Waals surface area contributed by atoms with Crippen LogP contribution in [0.4, 0.5) is 0 Å². The average molecular weight is 803 g/mol. The van der Waals surface area contributed by atoms with Crippen LogP contribution in [0.25, 0.3) is 0 Å². The molecule has 1 aliphatic carbocycles. The third kappa shape index (κ3) is 8.72. The van der Waals surface area contributed by atoms with E-state index in [-0.39, 0.29) is 55.5 Å². The topological polar surface area (TPSA) is 74.4 Å². The summed E-state index contributed by atoms with van der Waals surface area (Å²) in [6.45, 7) is 11.8. The Kier molecular flexibility index (Phi) is 10.9. The number of nitrogens with zero attached hydrogens (tertiary/aromatic N) is 2. The van der Waals surface area contributed by atoms with Gasteiger partial charge in [0.15, 0.2) is 6.23 Å². The van der Waals surface area contributed by atoms with Gasteiger partial charge in [0.2, 0.25) is 0 Å². The van der Waals surface area contributed by atoms with Gasteiger partial charge >= 0.3 is 0 Å². The van der Waals surface area contributed by atoms with Crippen LogP contribution in [-0.4, -0.2) is 40.5 Å². The number of aliphatic hydroxyl groups excluding tert-OH is 2. The van der Waals surface area contributed by atoms with Gasteiger partial charge in [0.25, 0.3) is 0 Å². The fraction of sp³-hybridized carbons (Fsp3) is 0.622. The van der Waals surface area contributed by atoms with Crippen molar-refractivity contribution in [3.63, 3.8) is 0 Å². The Morgan fingerprint density at radius 3 is 2.59 bits per heavy atom. The molecule has 2 N–H and O–H groups in total. The molecule has 4 heterocycles. The van der Waals surface area contributed by atoms with Gasteiger partial charge in [-0.25, -0.2) is 11.1 Å². The summed E-state index contributed by atoms with van der Waals surface area (Å²) < 4.78 is 46.8. The molecule has 3 aliphatic heterocycles. The molecule has 4 aliphatic rings. The first-order valence-corrected chi connectivity index (χ1v) is 16.8. The van der Waals surface area contributed by atoms with Crippen LogP contribution in [0.5, 0.6) is 0 Å². The van der Waals surface area contributed by atoms with Gasteiger partial charge in [0.1, 0.15) is 0 Å². The normalized spacial score (nSPS) is 26.9. The number of thiophene rings is 1. The molecule has 245 valence electrons. The molecule has 1 aromatic rings. The van der Waals surface area contributed by atoms with Crippen LogP contribution in [0.15, 0.2) is 56.8 Å². The Bertz CT molecular complexity index is 1480. The molecule has 0 amide bonds. The van der Waals surface area contributed by atoms with Crippen molar-refractivity contribution in [1.82, 2.24) is 0 Å². The van der Waals surface area contributed by atoms with Gasteiger partial charge in [0.05, 0.1) is 11.9 Å². The number of aliphatic hydroxyl groups is 2. The molecule has 0 saturated carbocycles. The SMILES string of the molecule is CCC(CC)/C(O)=C/[C@@H](O)C(CC)CC.[2H]C([2H])([2H])C1=N[C@H]2OC3=C([C@H]4Cc5c(C([2H])([2H])C(C)(C)C)csc5C=N4)[C-]=CC[C@H]3C2C=C1.[Ir]. The molecule has 0 bridgehead atoms. The van der Waals surface area contributed by atoms with Gasteiger partial charge in [-0.15, -0.1) is 11.3 Å². The Morgan fingerprint density at radius 2 is 1.95 bits per heavy atom. The largest absolute Gasteiger partial charge is 0.562 e. The third-order valence-corrected chi connectivity index (χ3v) is 9.79.